The number of unbranched alkanes of at least 4 members (excludes halogenated alkanes) is 2. The van der Waals surface area contributed by atoms with Crippen molar-refractivity contribution in [1.82, 2.24) is 10.2 Å². The van der Waals surface area contributed by atoms with Crippen LogP contribution in [0.5, 0.6) is 0 Å². The summed E-state index contributed by atoms with van der Waals surface area (Å²) in [5, 5.41) is 2.80. The summed E-state index contributed by atoms with van der Waals surface area (Å²) >= 11 is 1.85. The summed E-state index contributed by atoms with van der Waals surface area (Å²) in [7, 11) is 0. The molecule has 1 heterocycles. The number of nitrogens with one attached hydrogen (secondary N) is 1. The van der Waals surface area contributed by atoms with Crippen LogP contribution in [0.25, 0.3) is 0 Å². The molecule has 1 fully saturated rings. The lowest BCUT2D eigenvalue weighted by molar-refractivity contribution is -0.144. The normalized spacial score (nSPS) is 20.0. The van der Waals surface area contributed by atoms with Gasteiger partial charge in [-0.25, -0.2) is 0 Å². The van der Waals surface area contributed by atoms with Crippen molar-refractivity contribution in [3.05, 3.63) is 0 Å². The first kappa shape index (κ1) is 16.3. The van der Waals surface area contributed by atoms with Crippen LogP contribution in [0.1, 0.15) is 39.5 Å². The Balaban J connectivity index is 2.39. The van der Waals surface area contributed by atoms with Crippen molar-refractivity contribution in [3.63, 3.8) is 0 Å². The van der Waals surface area contributed by atoms with E-state index in [9.17, 15) is 9.59 Å². The summed E-state index contributed by atoms with van der Waals surface area (Å²) in [6, 6.07) is -0.313. The van der Waals surface area contributed by atoms with E-state index in [2.05, 4.69) is 25.4 Å². The first-order valence-electron chi connectivity index (χ1n) is 7.11. The van der Waals surface area contributed by atoms with Gasteiger partial charge in [0.25, 0.3) is 0 Å². The van der Waals surface area contributed by atoms with Crippen molar-refractivity contribution >= 4 is 23.6 Å². The molecule has 0 aromatic heterocycles. The van der Waals surface area contributed by atoms with Gasteiger partial charge in [-0.1, -0.05) is 20.3 Å². The highest BCUT2D eigenvalue weighted by molar-refractivity contribution is 7.98. The maximum Gasteiger partial charge on any atom is 0.245 e. The van der Waals surface area contributed by atoms with Crippen molar-refractivity contribution < 1.29 is 9.59 Å². The Bertz CT molecular complexity index is 308. The minimum absolute atomic E-state index is 0.0191. The van der Waals surface area contributed by atoms with Gasteiger partial charge >= 0.3 is 0 Å². The molecule has 0 saturated carbocycles. The zero-order valence-electron chi connectivity index (χ0n) is 12.3. The molecular weight excluding hydrogens is 260 g/mol. The van der Waals surface area contributed by atoms with Gasteiger partial charge in [0.2, 0.25) is 11.8 Å². The Kier molecular flexibility index (Phi) is 7.28. The molecule has 1 aliphatic heterocycles. The highest BCUT2D eigenvalue weighted by atomic mass is 32.2. The van der Waals surface area contributed by atoms with Crippen LogP contribution in [0.4, 0.5) is 0 Å². The van der Waals surface area contributed by atoms with Crippen molar-refractivity contribution in [2.75, 3.05) is 25.1 Å². The first-order chi connectivity index (χ1) is 9.04. The SMILES string of the molecule is CSCCCCCN1CC(=O)NC(CC(C)C)C1=O. The molecule has 19 heavy (non-hydrogen) atoms. The standard InChI is InChI=1S/C14H26N2O2S/c1-11(2)9-12-14(18)16(10-13(17)15-12)7-5-4-6-8-19-3/h11-12H,4-10H2,1-3H3,(H,15,17). The molecule has 0 aliphatic carbocycles. The van der Waals surface area contributed by atoms with E-state index in [-0.39, 0.29) is 24.4 Å². The molecular formula is C14H26N2O2S. The van der Waals surface area contributed by atoms with Gasteiger partial charge < -0.3 is 10.2 Å². The maximum absolute atomic E-state index is 12.2. The summed E-state index contributed by atoms with van der Waals surface area (Å²) in [6.07, 6.45) is 6.14. The quantitative estimate of drug-likeness (QED) is 0.693. The number of rotatable bonds is 8. The summed E-state index contributed by atoms with van der Waals surface area (Å²) in [4.78, 5) is 25.6. The van der Waals surface area contributed by atoms with Crippen molar-refractivity contribution in [2.24, 2.45) is 5.92 Å². The number of carbonyl (C=O) groups excluding carboxylic acids is 2. The van der Waals surface area contributed by atoms with Gasteiger partial charge in [0.15, 0.2) is 0 Å². The molecule has 2 amide bonds. The van der Waals surface area contributed by atoms with Crippen LogP contribution in [-0.4, -0.2) is 47.9 Å². The number of carbonyl (C=O) groups is 2. The topological polar surface area (TPSA) is 49.4 Å². The van der Waals surface area contributed by atoms with Crippen LogP contribution in [0.15, 0.2) is 0 Å². The zero-order valence-corrected chi connectivity index (χ0v) is 13.1. The Labute approximate surface area is 120 Å². The average molecular weight is 286 g/mol. The molecule has 1 rings (SSSR count). The highest BCUT2D eigenvalue weighted by Gasteiger charge is 2.32. The van der Waals surface area contributed by atoms with Crippen LogP contribution in [-0.2, 0) is 9.59 Å². The molecule has 0 aromatic carbocycles. The number of hydrogen-bond acceptors (Lipinski definition) is 3. The predicted octanol–water partition coefficient (Wildman–Crippen LogP) is 1.89. The molecule has 4 nitrogen and oxygen atoms in total. The third kappa shape index (κ3) is 5.85. The lowest BCUT2D eigenvalue weighted by Crippen LogP contribution is -2.58. The van der Waals surface area contributed by atoms with Gasteiger partial charge in [0, 0.05) is 6.54 Å². The van der Waals surface area contributed by atoms with E-state index in [4.69, 9.17) is 0 Å². The number of hydrogen-bond donors (Lipinski definition) is 1. The zero-order chi connectivity index (χ0) is 14.3. The Morgan fingerprint density at radius 1 is 1.32 bits per heavy atom. The van der Waals surface area contributed by atoms with Gasteiger partial charge in [-0.05, 0) is 37.2 Å². The number of amides is 2. The fourth-order valence-electron chi connectivity index (χ4n) is 2.32. The van der Waals surface area contributed by atoms with Crippen LogP contribution in [0.3, 0.4) is 0 Å². The van der Waals surface area contributed by atoms with Gasteiger partial charge in [-0.3, -0.25) is 9.59 Å². The molecule has 110 valence electrons. The number of nitrogens with zero attached hydrogens (tertiary/aromatic N) is 1. The van der Waals surface area contributed by atoms with E-state index in [1.807, 2.05) is 11.8 Å². The van der Waals surface area contributed by atoms with Gasteiger partial charge in [0.05, 0.1) is 6.54 Å². The second-order valence-corrected chi connectivity index (χ2v) is 6.55. The van der Waals surface area contributed by atoms with E-state index < -0.39 is 0 Å². The van der Waals surface area contributed by atoms with E-state index in [0.29, 0.717) is 5.92 Å². The molecule has 1 saturated heterocycles. The van der Waals surface area contributed by atoms with Crippen molar-refractivity contribution in [1.29, 1.82) is 0 Å². The molecule has 0 bridgehead atoms. The third-order valence-corrected chi connectivity index (χ3v) is 3.96. The maximum atomic E-state index is 12.2. The van der Waals surface area contributed by atoms with E-state index in [1.165, 1.54) is 12.2 Å². The smallest absolute Gasteiger partial charge is 0.245 e. The molecule has 5 heteroatoms. The molecule has 0 spiro atoms. The Morgan fingerprint density at radius 3 is 2.68 bits per heavy atom. The van der Waals surface area contributed by atoms with Crippen LogP contribution in [0.2, 0.25) is 0 Å². The average Bonchev–Trinajstić information content (AvgIpc) is 2.33. The fourth-order valence-corrected chi connectivity index (χ4v) is 2.81. The first-order valence-corrected chi connectivity index (χ1v) is 8.51. The summed E-state index contributed by atoms with van der Waals surface area (Å²) in [5.74, 6) is 1.66. The lowest BCUT2D eigenvalue weighted by Gasteiger charge is -2.33. The summed E-state index contributed by atoms with van der Waals surface area (Å²) in [5.41, 5.74) is 0. The van der Waals surface area contributed by atoms with Crippen LogP contribution in [0, 0.1) is 5.92 Å². The van der Waals surface area contributed by atoms with E-state index >= 15 is 0 Å². The minimum Gasteiger partial charge on any atom is -0.343 e. The van der Waals surface area contributed by atoms with Crippen molar-refractivity contribution in [2.45, 2.75) is 45.6 Å². The van der Waals surface area contributed by atoms with Crippen LogP contribution < -0.4 is 5.32 Å². The molecule has 1 aliphatic rings. The second-order valence-electron chi connectivity index (χ2n) is 5.56. The van der Waals surface area contributed by atoms with Gasteiger partial charge in [0.1, 0.15) is 6.04 Å². The monoisotopic (exact) mass is 286 g/mol. The largest absolute Gasteiger partial charge is 0.343 e. The summed E-state index contributed by atoms with van der Waals surface area (Å²) < 4.78 is 0. The van der Waals surface area contributed by atoms with Gasteiger partial charge in [-0.15, -0.1) is 0 Å². The fraction of sp³-hybridized carbons (Fsp3) is 0.857. The number of piperazine rings is 1. The molecule has 1 atom stereocenters. The molecule has 0 aromatic rings. The Morgan fingerprint density at radius 2 is 2.05 bits per heavy atom. The van der Waals surface area contributed by atoms with E-state index in [1.54, 1.807) is 4.90 Å². The highest BCUT2D eigenvalue weighted by Crippen LogP contribution is 2.13. The third-order valence-electron chi connectivity index (χ3n) is 3.26. The molecule has 1 unspecified atom stereocenters. The molecule has 1 N–H and O–H groups in total. The number of thioether (sulfide) groups is 1. The second kappa shape index (κ2) is 8.46. The van der Waals surface area contributed by atoms with Crippen LogP contribution >= 0.6 is 11.8 Å². The van der Waals surface area contributed by atoms with Gasteiger partial charge in [-0.2, -0.15) is 11.8 Å². The van der Waals surface area contributed by atoms with E-state index in [0.717, 1.165) is 25.8 Å². The minimum atomic E-state index is -0.313. The predicted molar refractivity (Wildman–Crippen MR) is 80.2 cm³/mol. The molecule has 0 radical (unpaired) electrons. The Hall–Kier alpha value is -0.710. The summed E-state index contributed by atoms with van der Waals surface area (Å²) in [6.45, 7) is 5.09. The lowest BCUT2D eigenvalue weighted by atomic mass is 10.0. The van der Waals surface area contributed by atoms with Crippen molar-refractivity contribution in [3.8, 4) is 0 Å².